The summed E-state index contributed by atoms with van der Waals surface area (Å²) in [5.74, 6) is -2.86. The summed E-state index contributed by atoms with van der Waals surface area (Å²) in [6.07, 6.45) is 1.35. The number of carboxylic acid groups (broad SMARTS) is 2. The van der Waals surface area contributed by atoms with Gasteiger partial charge in [-0.1, -0.05) is 12.2 Å². The summed E-state index contributed by atoms with van der Waals surface area (Å²) >= 11 is 0. The average Bonchev–Trinajstić information content (AvgIpc) is 2.20. The van der Waals surface area contributed by atoms with Crippen LogP contribution in [0.1, 0.15) is 19.3 Å². The van der Waals surface area contributed by atoms with Crippen LogP contribution in [-0.4, -0.2) is 61.3 Å². The fraction of sp³-hybridized carbons (Fsp3) is 0.615. The first kappa shape index (κ1) is 18.1. The first-order valence-electron chi connectivity index (χ1n) is 6.16. The molecule has 0 aromatic heterocycles. The molecule has 1 unspecified atom stereocenters. The van der Waals surface area contributed by atoms with Gasteiger partial charge in [0, 0.05) is 12.4 Å². The van der Waals surface area contributed by atoms with Crippen molar-refractivity contribution < 1.29 is 33.8 Å². The normalized spacial score (nSPS) is 13.2. The van der Waals surface area contributed by atoms with Gasteiger partial charge in [0.25, 0.3) is 0 Å². The van der Waals surface area contributed by atoms with Crippen LogP contribution < -0.4 is 5.11 Å². The Morgan fingerprint density at radius 2 is 1.75 bits per heavy atom. The third kappa shape index (κ3) is 11.2. The van der Waals surface area contributed by atoms with Gasteiger partial charge in [-0.3, -0.25) is 9.59 Å². The Kier molecular flexibility index (Phi) is 7.53. The molecule has 0 amide bonds. The number of carbonyl (C=O) groups excluding carboxylic acids is 2. The minimum atomic E-state index is -1.28. The number of likely N-dealkylation sites (N-methyl/N-ethyl adjacent to an activating group) is 1. The van der Waals surface area contributed by atoms with Crippen LogP contribution in [0.2, 0.25) is 0 Å². The number of carboxylic acids is 2. The van der Waals surface area contributed by atoms with E-state index < -0.39 is 24.0 Å². The molecule has 0 saturated heterocycles. The molecule has 1 atom stereocenters. The van der Waals surface area contributed by atoms with Crippen LogP contribution in [-0.2, 0) is 19.1 Å². The van der Waals surface area contributed by atoms with E-state index in [0.717, 1.165) is 0 Å². The number of carbonyl (C=O) groups is 3. The monoisotopic (exact) mass is 287 g/mol. The van der Waals surface area contributed by atoms with Crippen LogP contribution in [0.15, 0.2) is 12.2 Å². The summed E-state index contributed by atoms with van der Waals surface area (Å²) in [5.41, 5.74) is 0. The van der Waals surface area contributed by atoms with Gasteiger partial charge in [0.2, 0.25) is 0 Å². The molecule has 0 aromatic rings. The quantitative estimate of drug-likeness (QED) is 0.337. The van der Waals surface area contributed by atoms with Crippen LogP contribution in [0, 0.1) is 0 Å². The second-order valence-electron chi connectivity index (χ2n) is 5.43. The fourth-order valence-corrected chi connectivity index (χ4v) is 1.54. The van der Waals surface area contributed by atoms with E-state index in [4.69, 9.17) is 9.84 Å². The maximum absolute atomic E-state index is 11.5. The van der Waals surface area contributed by atoms with Gasteiger partial charge in [-0.05, 0) is 0 Å². The highest BCUT2D eigenvalue weighted by molar-refractivity contribution is 5.73. The molecule has 0 aliphatic heterocycles. The van der Waals surface area contributed by atoms with Gasteiger partial charge < -0.3 is 24.2 Å². The van der Waals surface area contributed by atoms with E-state index in [0.29, 0.717) is 11.0 Å². The van der Waals surface area contributed by atoms with Crippen molar-refractivity contribution in [2.75, 3.05) is 27.7 Å². The largest absolute Gasteiger partial charge is 0.550 e. The number of hydrogen-bond donors (Lipinski definition) is 1. The third-order valence-corrected chi connectivity index (χ3v) is 2.19. The van der Waals surface area contributed by atoms with Crippen LogP contribution in [0.25, 0.3) is 0 Å². The molecule has 0 aliphatic carbocycles. The molecule has 0 aliphatic rings. The van der Waals surface area contributed by atoms with E-state index in [1.807, 2.05) is 21.1 Å². The number of esters is 1. The van der Waals surface area contributed by atoms with Crippen molar-refractivity contribution in [1.29, 1.82) is 0 Å². The van der Waals surface area contributed by atoms with Gasteiger partial charge in [-0.25, -0.2) is 0 Å². The Balaban J connectivity index is 4.34. The maximum atomic E-state index is 11.5. The molecular formula is C13H21NO6. The highest BCUT2D eigenvalue weighted by Gasteiger charge is 2.21. The molecule has 0 radical (unpaired) electrons. The predicted octanol–water partition coefficient (Wildman–Crippen LogP) is -0.835. The lowest BCUT2D eigenvalue weighted by atomic mass is 10.2. The molecular weight excluding hydrogens is 266 g/mol. The summed E-state index contributed by atoms with van der Waals surface area (Å²) in [7, 11) is 5.55. The van der Waals surface area contributed by atoms with Crippen molar-refractivity contribution in [2.24, 2.45) is 0 Å². The van der Waals surface area contributed by atoms with Crippen LogP contribution in [0.5, 0.6) is 0 Å². The standard InChI is InChI=1S/C13H21NO6/c1-14(2,3)9-10(8-12(17)18)20-13(19)7-5-4-6-11(15)16/h4-5,10H,6-9H2,1-3H3,(H-,15,16,17,18)/b5-4+. The summed E-state index contributed by atoms with van der Waals surface area (Å²) in [4.78, 5) is 32.4. The highest BCUT2D eigenvalue weighted by Crippen LogP contribution is 2.06. The lowest BCUT2D eigenvalue weighted by Gasteiger charge is -2.29. The lowest BCUT2D eigenvalue weighted by molar-refractivity contribution is -0.873. The van der Waals surface area contributed by atoms with E-state index >= 15 is 0 Å². The summed E-state index contributed by atoms with van der Waals surface area (Å²) in [6.45, 7) is 0.346. The zero-order valence-corrected chi connectivity index (χ0v) is 12.0. The number of aliphatic carboxylic acids is 2. The van der Waals surface area contributed by atoms with Crippen molar-refractivity contribution in [3.63, 3.8) is 0 Å². The Labute approximate surface area is 118 Å². The Morgan fingerprint density at radius 3 is 2.20 bits per heavy atom. The highest BCUT2D eigenvalue weighted by atomic mass is 16.5. The van der Waals surface area contributed by atoms with Gasteiger partial charge >= 0.3 is 11.9 Å². The number of rotatable bonds is 9. The summed E-state index contributed by atoms with van der Waals surface area (Å²) in [6, 6.07) is 0. The zero-order valence-electron chi connectivity index (χ0n) is 12.0. The summed E-state index contributed by atoms with van der Waals surface area (Å²) in [5, 5.41) is 19.0. The number of nitrogens with zero attached hydrogens (tertiary/aromatic N) is 1. The average molecular weight is 287 g/mol. The Morgan fingerprint density at radius 1 is 1.20 bits per heavy atom. The van der Waals surface area contributed by atoms with Crippen molar-refractivity contribution in [2.45, 2.75) is 25.4 Å². The first-order chi connectivity index (χ1) is 9.10. The van der Waals surface area contributed by atoms with Crippen molar-refractivity contribution >= 4 is 17.9 Å². The zero-order chi connectivity index (χ0) is 15.8. The second-order valence-corrected chi connectivity index (χ2v) is 5.43. The molecule has 0 aromatic carbocycles. The molecule has 1 N–H and O–H groups in total. The molecule has 7 heteroatoms. The minimum Gasteiger partial charge on any atom is -0.550 e. The molecule has 20 heavy (non-hydrogen) atoms. The molecule has 0 fully saturated rings. The van der Waals surface area contributed by atoms with E-state index in [-0.39, 0.29) is 19.3 Å². The third-order valence-electron chi connectivity index (χ3n) is 2.19. The smallest absolute Gasteiger partial charge is 0.310 e. The van der Waals surface area contributed by atoms with E-state index in [9.17, 15) is 19.5 Å². The summed E-state index contributed by atoms with van der Waals surface area (Å²) < 4.78 is 5.51. The molecule has 7 nitrogen and oxygen atoms in total. The maximum Gasteiger partial charge on any atom is 0.310 e. The first-order valence-corrected chi connectivity index (χ1v) is 6.16. The van der Waals surface area contributed by atoms with Gasteiger partial charge in [0.15, 0.2) is 6.10 Å². The van der Waals surface area contributed by atoms with Crippen molar-refractivity contribution in [3.05, 3.63) is 12.2 Å². The molecule has 114 valence electrons. The minimum absolute atomic E-state index is 0.0893. The number of ether oxygens (including phenoxy) is 1. The lowest BCUT2D eigenvalue weighted by Crippen LogP contribution is -2.45. The van der Waals surface area contributed by atoms with Crippen LogP contribution in [0.3, 0.4) is 0 Å². The predicted molar refractivity (Wildman–Crippen MR) is 68.4 cm³/mol. The Hall–Kier alpha value is -1.89. The SMILES string of the molecule is C[N+](C)(C)CC(CC(=O)[O-])OC(=O)C/C=C/CC(=O)O. The van der Waals surface area contributed by atoms with E-state index in [1.54, 1.807) is 0 Å². The fourth-order valence-electron chi connectivity index (χ4n) is 1.54. The van der Waals surface area contributed by atoms with E-state index in [2.05, 4.69) is 0 Å². The number of hydrogen-bond acceptors (Lipinski definition) is 5. The van der Waals surface area contributed by atoms with Crippen molar-refractivity contribution in [3.8, 4) is 0 Å². The molecule has 0 spiro atoms. The van der Waals surface area contributed by atoms with Gasteiger partial charge in [0.1, 0.15) is 6.54 Å². The molecule has 0 rings (SSSR count). The van der Waals surface area contributed by atoms with E-state index in [1.165, 1.54) is 12.2 Å². The topological polar surface area (TPSA) is 104 Å². The van der Waals surface area contributed by atoms with Crippen LogP contribution in [0.4, 0.5) is 0 Å². The second kappa shape index (κ2) is 8.31. The van der Waals surface area contributed by atoms with Gasteiger partial charge in [-0.15, -0.1) is 0 Å². The van der Waals surface area contributed by atoms with Crippen LogP contribution >= 0.6 is 0 Å². The molecule has 0 bridgehead atoms. The Bertz CT molecular complexity index is 383. The number of quaternary nitrogens is 1. The molecule has 0 saturated carbocycles. The van der Waals surface area contributed by atoms with Crippen molar-refractivity contribution in [1.82, 2.24) is 0 Å². The molecule has 0 heterocycles. The van der Waals surface area contributed by atoms with Gasteiger partial charge in [0.05, 0.1) is 34.0 Å². The van der Waals surface area contributed by atoms with Gasteiger partial charge in [-0.2, -0.15) is 0 Å².